The Balaban J connectivity index is 0.00000180. The Morgan fingerprint density at radius 1 is 1.21 bits per heavy atom. The van der Waals surface area contributed by atoms with Crippen LogP contribution in [0.4, 0.5) is 0 Å². The van der Waals surface area contributed by atoms with Gasteiger partial charge in [0, 0.05) is 19.6 Å². The minimum Gasteiger partial charge on any atom is -0.341 e. The summed E-state index contributed by atoms with van der Waals surface area (Å²) >= 11 is 0. The summed E-state index contributed by atoms with van der Waals surface area (Å²) in [6, 6.07) is 0. The molecular weight excluding hydrogens is 262 g/mol. The summed E-state index contributed by atoms with van der Waals surface area (Å²) in [7, 11) is 0. The number of nitrogens with zero attached hydrogens (tertiary/aromatic N) is 2. The van der Waals surface area contributed by atoms with Gasteiger partial charge in [0.25, 0.3) is 0 Å². The molecule has 4 nitrogen and oxygen atoms in total. The van der Waals surface area contributed by atoms with Gasteiger partial charge in [-0.25, -0.2) is 0 Å². The second kappa shape index (κ2) is 8.08. The first-order valence-electron chi connectivity index (χ1n) is 7.39. The van der Waals surface area contributed by atoms with Gasteiger partial charge in [0.1, 0.15) is 0 Å². The van der Waals surface area contributed by atoms with Crippen LogP contribution in [0.15, 0.2) is 0 Å². The molecule has 19 heavy (non-hydrogen) atoms. The zero-order valence-electron chi connectivity index (χ0n) is 12.0. The van der Waals surface area contributed by atoms with Gasteiger partial charge in [0.15, 0.2) is 0 Å². The molecule has 0 saturated carbocycles. The molecule has 112 valence electrons. The molecule has 2 rings (SSSR count). The van der Waals surface area contributed by atoms with Crippen molar-refractivity contribution in [3.05, 3.63) is 0 Å². The van der Waals surface area contributed by atoms with E-state index in [9.17, 15) is 4.79 Å². The van der Waals surface area contributed by atoms with Crippen molar-refractivity contribution < 1.29 is 4.79 Å². The average molecular weight is 290 g/mol. The lowest BCUT2D eigenvalue weighted by Crippen LogP contribution is -2.47. The molecule has 0 spiro atoms. The number of amides is 1. The van der Waals surface area contributed by atoms with Crippen molar-refractivity contribution in [2.24, 2.45) is 17.6 Å². The summed E-state index contributed by atoms with van der Waals surface area (Å²) in [5.74, 6) is 1.58. The summed E-state index contributed by atoms with van der Waals surface area (Å²) in [5, 5.41) is 0. The van der Waals surface area contributed by atoms with Crippen LogP contribution < -0.4 is 5.73 Å². The first kappa shape index (κ1) is 16.7. The molecule has 2 fully saturated rings. The van der Waals surface area contributed by atoms with Crippen LogP contribution in [-0.4, -0.2) is 55.0 Å². The van der Waals surface area contributed by atoms with Crippen LogP contribution in [-0.2, 0) is 4.79 Å². The Bertz CT molecular complexity index is 288. The summed E-state index contributed by atoms with van der Waals surface area (Å²) in [4.78, 5) is 16.6. The van der Waals surface area contributed by atoms with Gasteiger partial charge in [-0.2, -0.15) is 0 Å². The molecule has 0 aromatic carbocycles. The van der Waals surface area contributed by atoms with Gasteiger partial charge in [-0.3, -0.25) is 9.69 Å². The maximum Gasteiger partial charge on any atom is 0.236 e. The number of likely N-dealkylation sites (tertiary alicyclic amines) is 2. The minimum absolute atomic E-state index is 0. The first-order chi connectivity index (χ1) is 8.69. The Hall–Kier alpha value is -0.320. The molecular formula is C14H28ClN3O. The van der Waals surface area contributed by atoms with Crippen molar-refractivity contribution in [3.63, 3.8) is 0 Å². The number of hydrogen-bond donors (Lipinski definition) is 1. The van der Waals surface area contributed by atoms with E-state index in [1.54, 1.807) is 0 Å². The molecule has 2 N–H and O–H groups in total. The lowest BCUT2D eigenvalue weighted by molar-refractivity contribution is -0.134. The van der Waals surface area contributed by atoms with E-state index in [-0.39, 0.29) is 12.4 Å². The van der Waals surface area contributed by atoms with Crippen molar-refractivity contribution in [3.8, 4) is 0 Å². The largest absolute Gasteiger partial charge is 0.341 e. The van der Waals surface area contributed by atoms with E-state index in [0.29, 0.717) is 24.3 Å². The van der Waals surface area contributed by atoms with E-state index in [4.69, 9.17) is 5.73 Å². The molecule has 0 bridgehead atoms. The summed E-state index contributed by atoms with van der Waals surface area (Å²) in [6.07, 6.45) is 4.84. The predicted octanol–water partition coefficient (Wildman–Crippen LogP) is 1.34. The number of piperidine rings is 2. The Morgan fingerprint density at radius 2 is 1.95 bits per heavy atom. The molecule has 2 unspecified atom stereocenters. The quantitative estimate of drug-likeness (QED) is 0.853. The van der Waals surface area contributed by atoms with Crippen LogP contribution in [0.2, 0.25) is 0 Å². The van der Waals surface area contributed by atoms with Crippen molar-refractivity contribution in [1.82, 2.24) is 9.80 Å². The number of rotatable bonds is 3. The summed E-state index contributed by atoms with van der Waals surface area (Å²) < 4.78 is 0. The summed E-state index contributed by atoms with van der Waals surface area (Å²) in [5.41, 5.74) is 5.74. The van der Waals surface area contributed by atoms with Gasteiger partial charge >= 0.3 is 0 Å². The highest BCUT2D eigenvalue weighted by Crippen LogP contribution is 2.18. The second-order valence-electron chi connectivity index (χ2n) is 6.07. The van der Waals surface area contributed by atoms with Gasteiger partial charge in [0.2, 0.25) is 5.91 Å². The molecule has 2 heterocycles. The molecule has 2 aliphatic rings. The number of halogens is 1. The average Bonchev–Trinajstić information content (AvgIpc) is 2.39. The standard InChI is InChI=1S/C14H27N3O.ClH/c1-12-4-2-7-17(9-12)14(18)11-16-6-3-5-13(8-15)10-16;/h12-13H,2-11,15H2,1H3;1H. The van der Waals surface area contributed by atoms with E-state index in [1.165, 1.54) is 25.7 Å². The highest BCUT2D eigenvalue weighted by Gasteiger charge is 2.25. The third kappa shape index (κ3) is 4.93. The molecule has 0 aromatic heterocycles. The zero-order chi connectivity index (χ0) is 13.0. The lowest BCUT2D eigenvalue weighted by Gasteiger charge is -2.35. The maximum absolute atomic E-state index is 12.3. The van der Waals surface area contributed by atoms with E-state index in [1.807, 2.05) is 0 Å². The SMILES string of the molecule is CC1CCCN(C(=O)CN2CCCC(CN)C2)C1.Cl. The van der Waals surface area contributed by atoms with Crippen molar-refractivity contribution in [1.29, 1.82) is 0 Å². The molecule has 1 amide bonds. The fourth-order valence-corrected chi connectivity index (χ4v) is 3.19. The van der Waals surface area contributed by atoms with Crippen LogP contribution in [0.1, 0.15) is 32.6 Å². The zero-order valence-corrected chi connectivity index (χ0v) is 12.8. The van der Waals surface area contributed by atoms with E-state index in [2.05, 4.69) is 16.7 Å². The lowest BCUT2D eigenvalue weighted by atomic mass is 9.98. The second-order valence-corrected chi connectivity index (χ2v) is 6.07. The van der Waals surface area contributed by atoms with Gasteiger partial charge in [-0.05, 0) is 50.6 Å². The van der Waals surface area contributed by atoms with Crippen LogP contribution in [0.3, 0.4) is 0 Å². The smallest absolute Gasteiger partial charge is 0.236 e. The van der Waals surface area contributed by atoms with Crippen LogP contribution in [0.5, 0.6) is 0 Å². The predicted molar refractivity (Wildman–Crippen MR) is 80.4 cm³/mol. The molecule has 5 heteroatoms. The third-order valence-electron chi connectivity index (χ3n) is 4.31. The minimum atomic E-state index is 0. The van der Waals surface area contributed by atoms with Crippen molar-refractivity contribution in [2.75, 3.05) is 39.3 Å². The van der Waals surface area contributed by atoms with Crippen LogP contribution in [0.25, 0.3) is 0 Å². The van der Waals surface area contributed by atoms with Gasteiger partial charge in [-0.1, -0.05) is 6.92 Å². The Morgan fingerprint density at radius 3 is 2.63 bits per heavy atom. The monoisotopic (exact) mass is 289 g/mol. The maximum atomic E-state index is 12.3. The number of hydrogen-bond acceptors (Lipinski definition) is 3. The molecule has 0 aromatic rings. The van der Waals surface area contributed by atoms with Gasteiger partial charge < -0.3 is 10.6 Å². The van der Waals surface area contributed by atoms with E-state index < -0.39 is 0 Å². The van der Waals surface area contributed by atoms with Crippen LogP contribution in [0, 0.1) is 11.8 Å². The van der Waals surface area contributed by atoms with Gasteiger partial charge in [0.05, 0.1) is 6.54 Å². The summed E-state index contributed by atoms with van der Waals surface area (Å²) in [6.45, 7) is 7.57. The molecule has 2 aliphatic heterocycles. The highest BCUT2D eigenvalue weighted by molar-refractivity contribution is 5.85. The fourth-order valence-electron chi connectivity index (χ4n) is 3.19. The van der Waals surface area contributed by atoms with Crippen LogP contribution >= 0.6 is 12.4 Å². The Kier molecular flexibility index (Phi) is 7.11. The number of carbonyl (C=O) groups excluding carboxylic acids is 1. The van der Waals surface area contributed by atoms with Crippen molar-refractivity contribution in [2.45, 2.75) is 32.6 Å². The molecule has 2 atom stereocenters. The van der Waals surface area contributed by atoms with E-state index in [0.717, 1.165) is 32.7 Å². The number of nitrogens with two attached hydrogens (primary N) is 1. The molecule has 2 saturated heterocycles. The Labute approximate surface area is 123 Å². The molecule has 0 radical (unpaired) electrons. The third-order valence-corrected chi connectivity index (χ3v) is 4.31. The fraction of sp³-hybridized carbons (Fsp3) is 0.929. The topological polar surface area (TPSA) is 49.6 Å². The highest BCUT2D eigenvalue weighted by atomic mass is 35.5. The first-order valence-corrected chi connectivity index (χ1v) is 7.39. The van der Waals surface area contributed by atoms with Gasteiger partial charge in [-0.15, -0.1) is 12.4 Å². The van der Waals surface area contributed by atoms with Crippen molar-refractivity contribution >= 4 is 18.3 Å². The number of carbonyl (C=O) groups is 1. The normalized spacial score (nSPS) is 28.8. The van der Waals surface area contributed by atoms with E-state index >= 15 is 0 Å². The molecule has 0 aliphatic carbocycles.